The number of nitrogens with zero attached hydrogens (tertiary/aromatic N) is 5. The molecular formula is C17H23N5O. The van der Waals surface area contributed by atoms with E-state index in [1.807, 2.05) is 18.3 Å². The van der Waals surface area contributed by atoms with Gasteiger partial charge in [-0.2, -0.15) is 0 Å². The predicted molar refractivity (Wildman–Crippen MR) is 89.5 cm³/mol. The van der Waals surface area contributed by atoms with Crippen LogP contribution in [0.3, 0.4) is 0 Å². The monoisotopic (exact) mass is 313 g/mol. The Hall–Kier alpha value is -2.21. The number of hydrogen-bond acceptors (Lipinski definition) is 6. The molecule has 1 aliphatic rings. The van der Waals surface area contributed by atoms with Crippen molar-refractivity contribution in [1.29, 1.82) is 0 Å². The van der Waals surface area contributed by atoms with Crippen LogP contribution >= 0.6 is 0 Å². The fourth-order valence-electron chi connectivity index (χ4n) is 3.06. The maximum Gasteiger partial charge on any atom is 0.213 e. The van der Waals surface area contributed by atoms with Crippen LogP contribution in [-0.4, -0.2) is 53.1 Å². The van der Waals surface area contributed by atoms with E-state index >= 15 is 0 Å². The minimum Gasteiger partial charge on any atom is -0.481 e. The van der Waals surface area contributed by atoms with Crippen LogP contribution in [0.2, 0.25) is 0 Å². The average molecular weight is 313 g/mol. The van der Waals surface area contributed by atoms with Crippen molar-refractivity contribution < 1.29 is 4.74 Å². The van der Waals surface area contributed by atoms with Gasteiger partial charge < -0.3 is 9.64 Å². The Bertz CT molecular complexity index is 613. The van der Waals surface area contributed by atoms with Crippen molar-refractivity contribution in [3.05, 3.63) is 42.5 Å². The second-order valence-corrected chi connectivity index (χ2v) is 5.89. The summed E-state index contributed by atoms with van der Waals surface area (Å²) < 4.78 is 5.19. The molecule has 0 aliphatic carbocycles. The predicted octanol–water partition coefficient (Wildman–Crippen LogP) is 1.98. The maximum atomic E-state index is 5.19. The third-order valence-corrected chi connectivity index (χ3v) is 4.45. The van der Waals surface area contributed by atoms with Gasteiger partial charge in [-0.1, -0.05) is 0 Å². The molecule has 3 rings (SSSR count). The first-order valence-electron chi connectivity index (χ1n) is 7.96. The molecule has 1 saturated heterocycles. The molecule has 0 N–H and O–H groups in total. The Morgan fingerprint density at radius 2 is 2.04 bits per heavy atom. The molecule has 2 aromatic rings. The number of methoxy groups -OCH3 is 1. The van der Waals surface area contributed by atoms with Crippen LogP contribution < -0.4 is 9.64 Å². The first-order chi connectivity index (χ1) is 11.3. The molecule has 6 nitrogen and oxygen atoms in total. The molecular weight excluding hydrogens is 290 g/mol. The number of pyridine rings is 1. The van der Waals surface area contributed by atoms with E-state index in [0.717, 1.165) is 38.3 Å². The Morgan fingerprint density at radius 1 is 1.22 bits per heavy atom. The summed E-state index contributed by atoms with van der Waals surface area (Å²) in [6, 6.07) is 6.57. The standard InChI is InChI=1S/C17H23N5O/c1-21(16-4-7-18-13-20-16)15-5-9-22(10-6-15)12-14-3-8-19-17(11-14)23-2/h3-4,7-8,11,13,15H,5-6,9-10,12H2,1-2H3. The Labute approximate surface area is 137 Å². The summed E-state index contributed by atoms with van der Waals surface area (Å²) in [4.78, 5) is 17.2. The molecule has 122 valence electrons. The van der Waals surface area contributed by atoms with Gasteiger partial charge in [0.2, 0.25) is 5.88 Å². The van der Waals surface area contributed by atoms with E-state index in [4.69, 9.17) is 4.74 Å². The SMILES string of the molecule is COc1cc(CN2CCC(N(C)c3ccncn3)CC2)ccn1. The molecule has 0 atom stereocenters. The molecule has 0 radical (unpaired) electrons. The molecule has 0 bridgehead atoms. The van der Waals surface area contributed by atoms with Gasteiger partial charge in [-0.3, -0.25) is 4.90 Å². The largest absolute Gasteiger partial charge is 0.481 e. The Kier molecular flexibility index (Phi) is 5.02. The van der Waals surface area contributed by atoms with Gasteiger partial charge in [0.05, 0.1) is 7.11 Å². The highest BCUT2D eigenvalue weighted by Crippen LogP contribution is 2.21. The first-order valence-corrected chi connectivity index (χ1v) is 7.96. The van der Waals surface area contributed by atoms with E-state index < -0.39 is 0 Å². The van der Waals surface area contributed by atoms with Gasteiger partial charge in [-0.15, -0.1) is 0 Å². The van der Waals surface area contributed by atoms with E-state index in [-0.39, 0.29) is 0 Å². The summed E-state index contributed by atoms with van der Waals surface area (Å²) in [5.41, 5.74) is 1.25. The minimum atomic E-state index is 0.535. The normalized spacial score (nSPS) is 16.3. The highest BCUT2D eigenvalue weighted by atomic mass is 16.5. The summed E-state index contributed by atoms with van der Waals surface area (Å²) in [7, 11) is 3.77. The van der Waals surface area contributed by atoms with Crippen molar-refractivity contribution in [2.24, 2.45) is 0 Å². The van der Waals surface area contributed by atoms with Crippen LogP contribution in [0, 0.1) is 0 Å². The lowest BCUT2D eigenvalue weighted by Gasteiger charge is -2.37. The van der Waals surface area contributed by atoms with Crippen molar-refractivity contribution >= 4 is 5.82 Å². The molecule has 3 heterocycles. The second-order valence-electron chi connectivity index (χ2n) is 5.89. The minimum absolute atomic E-state index is 0.535. The van der Waals surface area contributed by atoms with E-state index in [9.17, 15) is 0 Å². The molecule has 0 spiro atoms. The number of likely N-dealkylation sites (tertiary alicyclic amines) is 1. The molecule has 0 amide bonds. The molecule has 23 heavy (non-hydrogen) atoms. The zero-order chi connectivity index (χ0) is 16.1. The van der Waals surface area contributed by atoms with Gasteiger partial charge in [-0.25, -0.2) is 15.0 Å². The van der Waals surface area contributed by atoms with Crippen molar-refractivity contribution in [1.82, 2.24) is 19.9 Å². The molecule has 0 saturated carbocycles. The lowest BCUT2D eigenvalue weighted by atomic mass is 10.0. The topological polar surface area (TPSA) is 54.4 Å². The summed E-state index contributed by atoms with van der Waals surface area (Å²) in [5, 5.41) is 0. The average Bonchev–Trinajstić information content (AvgIpc) is 2.63. The van der Waals surface area contributed by atoms with Crippen molar-refractivity contribution in [3.63, 3.8) is 0 Å². The fourth-order valence-corrected chi connectivity index (χ4v) is 3.06. The Morgan fingerprint density at radius 3 is 2.74 bits per heavy atom. The lowest BCUT2D eigenvalue weighted by molar-refractivity contribution is 0.203. The number of aromatic nitrogens is 3. The molecule has 0 aromatic carbocycles. The summed E-state index contributed by atoms with van der Waals surface area (Å²) in [6.07, 6.45) is 7.50. The van der Waals surface area contributed by atoms with Crippen molar-refractivity contribution in [2.75, 3.05) is 32.1 Å². The van der Waals surface area contributed by atoms with Gasteiger partial charge in [-0.05, 0) is 30.5 Å². The number of ether oxygens (including phenoxy) is 1. The highest BCUT2D eigenvalue weighted by molar-refractivity contribution is 5.36. The number of hydrogen-bond donors (Lipinski definition) is 0. The van der Waals surface area contributed by atoms with Crippen molar-refractivity contribution in [3.8, 4) is 5.88 Å². The summed E-state index contributed by atoms with van der Waals surface area (Å²) in [5.74, 6) is 1.68. The fraction of sp³-hybridized carbons (Fsp3) is 0.471. The Balaban J connectivity index is 1.54. The summed E-state index contributed by atoms with van der Waals surface area (Å²) in [6.45, 7) is 3.12. The van der Waals surface area contributed by atoms with Crippen molar-refractivity contribution in [2.45, 2.75) is 25.4 Å². The van der Waals surface area contributed by atoms with Crippen LogP contribution in [0.15, 0.2) is 36.9 Å². The number of rotatable bonds is 5. The van der Waals surface area contributed by atoms with Crippen LogP contribution in [0.4, 0.5) is 5.82 Å². The van der Waals surface area contributed by atoms with E-state index in [1.165, 1.54) is 5.56 Å². The zero-order valence-corrected chi connectivity index (χ0v) is 13.7. The van der Waals surface area contributed by atoms with Crippen LogP contribution in [-0.2, 0) is 6.54 Å². The van der Waals surface area contributed by atoms with E-state index in [0.29, 0.717) is 11.9 Å². The molecule has 1 aliphatic heterocycles. The maximum absolute atomic E-state index is 5.19. The lowest BCUT2D eigenvalue weighted by Crippen LogP contribution is -2.43. The smallest absolute Gasteiger partial charge is 0.213 e. The van der Waals surface area contributed by atoms with Crippen LogP contribution in [0.1, 0.15) is 18.4 Å². The van der Waals surface area contributed by atoms with Crippen LogP contribution in [0.25, 0.3) is 0 Å². The second kappa shape index (κ2) is 7.37. The third kappa shape index (κ3) is 3.96. The molecule has 1 fully saturated rings. The van der Waals surface area contributed by atoms with Gasteiger partial charge in [0.15, 0.2) is 0 Å². The van der Waals surface area contributed by atoms with Crippen LogP contribution in [0.5, 0.6) is 5.88 Å². The number of piperidine rings is 1. The molecule has 2 aromatic heterocycles. The van der Waals surface area contributed by atoms with E-state index in [1.54, 1.807) is 19.6 Å². The third-order valence-electron chi connectivity index (χ3n) is 4.45. The first kappa shape index (κ1) is 15.7. The molecule has 6 heteroatoms. The van der Waals surface area contributed by atoms with Gasteiger partial charge in [0.25, 0.3) is 0 Å². The quantitative estimate of drug-likeness (QED) is 0.841. The zero-order valence-electron chi connectivity index (χ0n) is 13.7. The van der Waals surface area contributed by atoms with Gasteiger partial charge >= 0.3 is 0 Å². The number of anilines is 1. The summed E-state index contributed by atoms with van der Waals surface area (Å²) >= 11 is 0. The van der Waals surface area contributed by atoms with E-state index in [2.05, 4.69) is 37.9 Å². The molecule has 0 unspecified atom stereocenters. The highest BCUT2D eigenvalue weighted by Gasteiger charge is 2.23. The van der Waals surface area contributed by atoms with Gasteiger partial charge in [0, 0.05) is 51.2 Å². The van der Waals surface area contributed by atoms with Gasteiger partial charge in [0.1, 0.15) is 12.1 Å².